The Morgan fingerprint density at radius 3 is 2.26 bits per heavy atom. The van der Waals surface area contributed by atoms with Crippen LogP contribution in [0.4, 0.5) is 5.69 Å². The number of hydrazine groups is 1. The Morgan fingerprint density at radius 1 is 1.15 bits per heavy atom. The van der Waals surface area contributed by atoms with E-state index in [0.29, 0.717) is 5.69 Å². The number of nitrogen functional groups attached to an aromatic ring is 1. The molecule has 0 bridgehead atoms. The lowest BCUT2D eigenvalue weighted by Crippen LogP contribution is -2.58. The van der Waals surface area contributed by atoms with Gasteiger partial charge in [0.2, 0.25) is 5.91 Å². The quantitative estimate of drug-likeness (QED) is 0.211. The Labute approximate surface area is 163 Å². The minimum Gasteiger partial charge on any atom is -0.398 e. The van der Waals surface area contributed by atoms with Gasteiger partial charge in [0.05, 0.1) is 10.7 Å². The fourth-order valence-corrected chi connectivity index (χ4v) is 2.89. The molecule has 0 spiro atoms. The number of rotatable bonds is 6. The zero-order valence-electron chi connectivity index (χ0n) is 15.6. The van der Waals surface area contributed by atoms with Crippen molar-refractivity contribution >= 4 is 35.0 Å². The average molecular weight is 396 g/mol. The van der Waals surface area contributed by atoms with Crippen LogP contribution in [0.2, 0.25) is 5.02 Å². The molecule has 27 heavy (non-hydrogen) atoms. The Kier molecular flexibility index (Phi) is 6.33. The van der Waals surface area contributed by atoms with Gasteiger partial charge in [-0.3, -0.25) is 19.8 Å². The molecule has 2 unspecified atom stereocenters. The fourth-order valence-electron chi connectivity index (χ4n) is 2.71. The van der Waals surface area contributed by atoms with Gasteiger partial charge in [0.1, 0.15) is 12.1 Å². The SMILES string of the molecule is CC(C)(C)C(NC(=O)c1ccc(N)c(Cl)c1)C(=O)NC(C(=O)NN)C1CC1. The van der Waals surface area contributed by atoms with Crippen molar-refractivity contribution in [1.29, 1.82) is 0 Å². The van der Waals surface area contributed by atoms with E-state index >= 15 is 0 Å². The maximum absolute atomic E-state index is 12.8. The van der Waals surface area contributed by atoms with Crippen molar-refractivity contribution in [2.24, 2.45) is 17.2 Å². The summed E-state index contributed by atoms with van der Waals surface area (Å²) in [5, 5.41) is 5.71. The summed E-state index contributed by atoms with van der Waals surface area (Å²) >= 11 is 5.97. The highest BCUT2D eigenvalue weighted by Gasteiger charge is 2.40. The fraction of sp³-hybridized carbons (Fsp3) is 0.500. The zero-order valence-corrected chi connectivity index (χ0v) is 16.4. The molecule has 0 heterocycles. The van der Waals surface area contributed by atoms with E-state index in [4.69, 9.17) is 23.2 Å². The van der Waals surface area contributed by atoms with Crippen molar-refractivity contribution in [3.63, 3.8) is 0 Å². The zero-order chi connectivity index (χ0) is 20.4. The van der Waals surface area contributed by atoms with Crippen LogP contribution in [0.1, 0.15) is 44.0 Å². The summed E-state index contributed by atoms with van der Waals surface area (Å²) in [6.45, 7) is 5.47. The molecule has 0 aliphatic heterocycles. The number of carbonyl (C=O) groups excluding carboxylic acids is 3. The molecule has 8 nitrogen and oxygen atoms in total. The third kappa shape index (κ3) is 5.33. The number of nitrogens with two attached hydrogens (primary N) is 2. The largest absolute Gasteiger partial charge is 0.398 e. The van der Waals surface area contributed by atoms with E-state index < -0.39 is 35.2 Å². The molecule has 3 amide bonds. The number of nitrogens with one attached hydrogen (secondary N) is 3. The molecule has 2 rings (SSSR count). The molecule has 7 N–H and O–H groups in total. The van der Waals surface area contributed by atoms with Crippen LogP contribution in [0, 0.1) is 11.3 Å². The number of hydrogen-bond acceptors (Lipinski definition) is 5. The number of hydrogen-bond donors (Lipinski definition) is 5. The number of halogens is 1. The van der Waals surface area contributed by atoms with Crippen LogP contribution in [0.25, 0.3) is 0 Å². The molecule has 0 saturated heterocycles. The van der Waals surface area contributed by atoms with E-state index in [1.54, 1.807) is 0 Å². The summed E-state index contributed by atoms with van der Waals surface area (Å²) in [5.41, 5.74) is 7.80. The molecule has 2 atom stereocenters. The Bertz CT molecular complexity index is 743. The smallest absolute Gasteiger partial charge is 0.256 e. The monoisotopic (exact) mass is 395 g/mol. The third-order valence-electron chi connectivity index (χ3n) is 4.48. The predicted molar refractivity (Wildman–Crippen MR) is 104 cm³/mol. The topological polar surface area (TPSA) is 139 Å². The van der Waals surface area contributed by atoms with Crippen LogP contribution in [0.5, 0.6) is 0 Å². The third-order valence-corrected chi connectivity index (χ3v) is 4.81. The van der Waals surface area contributed by atoms with Crippen LogP contribution >= 0.6 is 11.6 Å². The highest BCUT2D eigenvalue weighted by molar-refractivity contribution is 6.33. The minimum atomic E-state index is -0.867. The van der Waals surface area contributed by atoms with Crippen molar-refractivity contribution in [3.8, 4) is 0 Å². The van der Waals surface area contributed by atoms with E-state index in [-0.39, 0.29) is 16.5 Å². The summed E-state index contributed by atoms with van der Waals surface area (Å²) in [6, 6.07) is 2.92. The molecule has 1 aromatic carbocycles. The van der Waals surface area contributed by atoms with Crippen LogP contribution in [-0.4, -0.2) is 29.8 Å². The van der Waals surface area contributed by atoms with Crippen molar-refractivity contribution in [3.05, 3.63) is 28.8 Å². The second-order valence-corrected chi connectivity index (χ2v) is 8.25. The lowest BCUT2D eigenvalue weighted by molar-refractivity contribution is -0.131. The maximum atomic E-state index is 12.8. The molecular formula is C18H26ClN5O3. The molecule has 9 heteroatoms. The summed E-state index contributed by atoms with van der Waals surface area (Å²) in [7, 11) is 0. The van der Waals surface area contributed by atoms with Gasteiger partial charge in [0.25, 0.3) is 11.8 Å². The average Bonchev–Trinajstić information content (AvgIpc) is 3.42. The second-order valence-electron chi connectivity index (χ2n) is 7.84. The number of carbonyl (C=O) groups is 3. The Morgan fingerprint density at radius 2 is 1.78 bits per heavy atom. The van der Waals surface area contributed by atoms with Gasteiger partial charge in [0, 0.05) is 5.56 Å². The van der Waals surface area contributed by atoms with Gasteiger partial charge in [-0.15, -0.1) is 0 Å². The highest BCUT2D eigenvalue weighted by Crippen LogP contribution is 2.33. The molecule has 148 valence electrons. The summed E-state index contributed by atoms with van der Waals surface area (Å²) < 4.78 is 0. The van der Waals surface area contributed by atoms with Gasteiger partial charge in [-0.2, -0.15) is 0 Å². The van der Waals surface area contributed by atoms with E-state index in [1.165, 1.54) is 18.2 Å². The van der Waals surface area contributed by atoms with E-state index in [1.807, 2.05) is 20.8 Å². The number of anilines is 1. The first-order valence-electron chi connectivity index (χ1n) is 8.71. The highest BCUT2D eigenvalue weighted by atomic mass is 35.5. The minimum absolute atomic E-state index is 0.0599. The Hall–Kier alpha value is -2.32. The predicted octanol–water partition coefficient (Wildman–Crippen LogP) is 0.951. The van der Waals surface area contributed by atoms with Crippen molar-refractivity contribution in [1.82, 2.24) is 16.1 Å². The van der Waals surface area contributed by atoms with Gasteiger partial charge >= 0.3 is 0 Å². The van der Waals surface area contributed by atoms with Crippen molar-refractivity contribution < 1.29 is 14.4 Å². The normalized spacial score (nSPS) is 16.2. The number of amides is 3. The Balaban J connectivity index is 2.16. The summed E-state index contributed by atoms with van der Waals surface area (Å²) in [4.78, 5) is 37.4. The molecule has 0 radical (unpaired) electrons. The molecule has 1 saturated carbocycles. The first-order chi connectivity index (χ1) is 12.5. The van der Waals surface area contributed by atoms with Gasteiger partial charge in [-0.1, -0.05) is 32.4 Å². The van der Waals surface area contributed by atoms with Gasteiger partial charge in [-0.05, 0) is 42.4 Å². The summed E-state index contributed by atoms with van der Waals surface area (Å²) in [6.07, 6.45) is 1.68. The standard InChI is InChI=1S/C18H26ClN5O3/c1-18(2,3)14(17(27)22-13(9-4-5-9)16(26)24-21)23-15(25)10-6-7-12(20)11(19)8-10/h6-9,13-14H,4-5,20-21H2,1-3H3,(H,22,27)(H,23,25)(H,24,26). The molecule has 0 aromatic heterocycles. The lowest BCUT2D eigenvalue weighted by atomic mass is 9.85. The lowest BCUT2D eigenvalue weighted by Gasteiger charge is -2.31. The van der Waals surface area contributed by atoms with Crippen LogP contribution < -0.4 is 27.6 Å². The van der Waals surface area contributed by atoms with Crippen LogP contribution in [-0.2, 0) is 9.59 Å². The van der Waals surface area contributed by atoms with Crippen LogP contribution in [0.3, 0.4) is 0 Å². The van der Waals surface area contributed by atoms with E-state index in [0.717, 1.165) is 12.8 Å². The molecule has 1 fully saturated rings. The number of benzene rings is 1. The molecular weight excluding hydrogens is 370 g/mol. The van der Waals surface area contributed by atoms with E-state index in [9.17, 15) is 14.4 Å². The van der Waals surface area contributed by atoms with Gasteiger partial charge < -0.3 is 16.4 Å². The molecule has 1 aliphatic carbocycles. The molecule has 1 aromatic rings. The second kappa shape index (κ2) is 8.14. The van der Waals surface area contributed by atoms with Crippen molar-refractivity contribution in [2.45, 2.75) is 45.7 Å². The van der Waals surface area contributed by atoms with Crippen LogP contribution in [0.15, 0.2) is 18.2 Å². The summed E-state index contributed by atoms with van der Waals surface area (Å²) in [5.74, 6) is 3.92. The van der Waals surface area contributed by atoms with Crippen molar-refractivity contribution in [2.75, 3.05) is 5.73 Å². The first kappa shape index (κ1) is 21.0. The van der Waals surface area contributed by atoms with E-state index in [2.05, 4.69) is 16.1 Å². The first-order valence-corrected chi connectivity index (χ1v) is 9.09. The molecule has 1 aliphatic rings. The van der Waals surface area contributed by atoms with Gasteiger partial charge in [0.15, 0.2) is 0 Å². The van der Waals surface area contributed by atoms with Gasteiger partial charge in [-0.25, -0.2) is 5.84 Å². The maximum Gasteiger partial charge on any atom is 0.256 e.